The fourth-order valence-electron chi connectivity index (χ4n) is 5.12. The Kier molecular flexibility index (Phi) is 10.8. The van der Waals surface area contributed by atoms with E-state index in [0.717, 1.165) is 35.0 Å². The third-order valence-corrected chi connectivity index (χ3v) is 7.28. The standard InChI is InChI=1S/C18H19N3O2.C15H23N5O2/c1-18(2,23)8-7-14-5-4-6-15(11-14)17(22)21(3)13-16-12-19-9-10-20-16;1-9-17-13-8-20(15(22)12-6-10(21)7-16-12)5-4-11(13)14(18-9)19(2)3/h4-6,9-12,23H,13H2,1-3H3;10,12,16,21H,4-8H2,1-3H3/t;10-,12+/m.1/s1. The van der Waals surface area contributed by atoms with E-state index in [2.05, 4.69) is 37.1 Å². The van der Waals surface area contributed by atoms with E-state index >= 15 is 0 Å². The maximum absolute atomic E-state index is 12.6. The average molecular weight is 615 g/mol. The van der Waals surface area contributed by atoms with Gasteiger partial charge in [0.15, 0.2) is 0 Å². The van der Waals surface area contributed by atoms with E-state index in [1.54, 1.807) is 68.7 Å². The van der Waals surface area contributed by atoms with Crippen LogP contribution in [0.15, 0.2) is 42.9 Å². The smallest absolute Gasteiger partial charge is 0.253 e. The minimum Gasteiger partial charge on any atom is -0.392 e. The molecule has 238 valence electrons. The molecule has 3 aromatic rings. The van der Waals surface area contributed by atoms with E-state index < -0.39 is 11.7 Å². The lowest BCUT2D eigenvalue weighted by Gasteiger charge is -2.32. The third kappa shape index (κ3) is 9.28. The fraction of sp³-hybridized carbons (Fsp3) is 0.455. The Morgan fingerprint density at radius 1 is 1.18 bits per heavy atom. The zero-order chi connectivity index (χ0) is 32.7. The number of aliphatic hydroxyl groups excluding tert-OH is 1. The summed E-state index contributed by atoms with van der Waals surface area (Å²) in [5.41, 5.74) is 2.96. The summed E-state index contributed by atoms with van der Waals surface area (Å²) in [6.45, 7) is 7.18. The van der Waals surface area contributed by atoms with Gasteiger partial charge in [0.05, 0.1) is 42.8 Å². The highest BCUT2D eigenvalue weighted by Gasteiger charge is 2.34. The first-order chi connectivity index (χ1) is 21.3. The van der Waals surface area contributed by atoms with Crippen LogP contribution in [0.25, 0.3) is 0 Å². The molecule has 2 aromatic heterocycles. The monoisotopic (exact) mass is 614 g/mol. The van der Waals surface area contributed by atoms with Crippen molar-refractivity contribution in [2.75, 3.05) is 39.1 Å². The number of benzene rings is 1. The van der Waals surface area contributed by atoms with Gasteiger partial charge in [-0.25, -0.2) is 9.97 Å². The number of nitrogens with one attached hydrogen (secondary N) is 1. The second kappa shape index (κ2) is 14.6. The van der Waals surface area contributed by atoms with Crippen molar-refractivity contribution in [3.63, 3.8) is 0 Å². The van der Waals surface area contributed by atoms with Crippen molar-refractivity contribution in [1.29, 1.82) is 0 Å². The number of anilines is 1. The van der Waals surface area contributed by atoms with Crippen LogP contribution in [0.2, 0.25) is 0 Å². The van der Waals surface area contributed by atoms with Gasteiger partial charge in [0, 0.05) is 63.3 Å². The van der Waals surface area contributed by atoms with E-state index in [9.17, 15) is 19.8 Å². The highest BCUT2D eigenvalue weighted by Crippen LogP contribution is 2.26. The first-order valence-electron chi connectivity index (χ1n) is 14.9. The number of hydrogen-bond acceptors (Lipinski definition) is 10. The molecule has 5 rings (SSSR count). The Morgan fingerprint density at radius 2 is 1.96 bits per heavy atom. The average Bonchev–Trinajstić information content (AvgIpc) is 3.45. The second-order valence-corrected chi connectivity index (χ2v) is 12.0. The number of carbonyl (C=O) groups is 2. The SMILES string of the molecule is CN(Cc1cnccn1)C(=O)c1cccc(C#CC(C)(C)O)c1.Cc1nc2c(c(N(C)C)n1)CCN(C(=O)[C@@H]1C[C@@H](O)CN1)C2. The van der Waals surface area contributed by atoms with E-state index in [0.29, 0.717) is 43.7 Å². The molecule has 2 aliphatic heterocycles. The van der Waals surface area contributed by atoms with Gasteiger partial charge in [-0.15, -0.1) is 0 Å². The van der Waals surface area contributed by atoms with Crippen molar-refractivity contribution < 1.29 is 19.8 Å². The number of rotatable bonds is 5. The lowest BCUT2D eigenvalue weighted by molar-refractivity contribution is -0.134. The van der Waals surface area contributed by atoms with Crippen LogP contribution in [0.1, 0.15) is 59.0 Å². The van der Waals surface area contributed by atoms with Gasteiger partial charge in [0.2, 0.25) is 5.91 Å². The molecule has 0 spiro atoms. The first-order valence-corrected chi connectivity index (χ1v) is 14.9. The molecule has 0 aliphatic carbocycles. The number of aromatic nitrogens is 4. The van der Waals surface area contributed by atoms with Gasteiger partial charge in [-0.1, -0.05) is 17.9 Å². The summed E-state index contributed by atoms with van der Waals surface area (Å²) in [5, 5.41) is 22.3. The number of amides is 2. The summed E-state index contributed by atoms with van der Waals surface area (Å²) < 4.78 is 0. The lowest BCUT2D eigenvalue weighted by Crippen LogP contribution is -2.46. The minimum absolute atomic E-state index is 0.0601. The van der Waals surface area contributed by atoms with Crippen LogP contribution in [-0.2, 0) is 24.3 Å². The zero-order valence-corrected chi connectivity index (χ0v) is 26.8. The molecule has 12 heteroatoms. The first kappa shape index (κ1) is 33.5. The number of fused-ring (bicyclic) bond motifs is 1. The van der Waals surface area contributed by atoms with Crippen molar-refractivity contribution in [3.05, 3.63) is 76.8 Å². The molecule has 2 atom stereocenters. The van der Waals surface area contributed by atoms with E-state index in [1.807, 2.05) is 30.8 Å². The molecule has 0 saturated carbocycles. The van der Waals surface area contributed by atoms with Crippen molar-refractivity contribution in [3.8, 4) is 11.8 Å². The molecule has 1 aromatic carbocycles. The van der Waals surface area contributed by atoms with Crippen molar-refractivity contribution in [2.45, 2.75) is 64.4 Å². The van der Waals surface area contributed by atoms with Gasteiger partial charge in [-0.05, 0) is 51.8 Å². The van der Waals surface area contributed by atoms with Crippen molar-refractivity contribution in [1.82, 2.24) is 35.1 Å². The van der Waals surface area contributed by atoms with Gasteiger partial charge in [-0.3, -0.25) is 19.6 Å². The van der Waals surface area contributed by atoms with Gasteiger partial charge < -0.3 is 30.2 Å². The van der Waals surface area contributed by atoms with E-state index in [-0.39, 0.29) is 17.9 Å². The molecular formula is C33H42N8O4. The van der Waals surface area contributed by atoms with Gasteiger partial charge in [0.1, 0.15) is 17.2 Å². The van der Waals surface area contributed by atoms with Crippen molar-refractivity contribution >= 4 is 17.6 Å². The third-order valence-electron chi connectivity index (χ3n) is 7.28. The van der Waals surface area contributed by atoms with Crippen LogP contribution in [-0.4, -0.2) is 104 Å². The number of aryl methyl sites for hydroxylation is 1. The Labute approximate surface area is 264 Å². The molecule has 0 bridgehead atoms. The molecule has 1 saturated heterocycles. The highest BCUT2D eigenvalue weighted by atomic mass is 16.3. The van der Waals surface area contributed by atoms with Crippen LogP contribution in [0.5, 0.6) is 0 Å². The van der Waals surface area contributed by atoms with Crippen LogP contribution >= 0.6 is 0 Å². The molecule has 2 amide bonds. The summed E-state index contributed by atoms with van der Waals surface area (Å²) in [6, 6.07) is 6.77. The molecular weight excluding hydrogens is 572 g/mol. The van der Waals surface area contributed by atoms with E-state index in [4.69, 9.17) is 0 Å². The second-order valence-electron chi connectivity index (χ2n) is 12.0. The maximum atomic E-state index is 12.6. The predicted molar refractivity (Wildman–Crippen MR) is 170 cm³/mol. The number of β-amino-alcohol motifs (C(OH)–C–C–N with tert-alkyl or cyclic N) is 1. The normalized spacial score (nSPS) is 17.3. The quantitative estimate of drug-likeness (QED) is 0.360. The van der Waals surface area contributed by atoms with Gasteiger partial charge in [-0.2, -0.15) is 0 Å². The molecule has 3 N–H and O–H groups in total. The van der Waals surface area contributed by atoms with E-state index in [1.165, 1.54) is 0 Å². The Morgan fingerprint density at radius 3 is 2.60 bits per heavy atom. The lowest BCUT2D eigenvalue weighted by atomic mass is 10.0. The van der Waals surface area contributed by atoms with Crippen LogP contribution in [0.3, 0.4) is 0 Å². The van der Waals surface area contributed by atoms with Crippen LogP contribution in [0, 0.1) is 18.8 Å². The van der Waals surface area contributed by atoms with Crippen molar-refractivity contribution in [2.24, 2.45) is 0 Å². The zero-order valence-electron chi connectivity index (χ0n) is 26.8. The van der Waals surface area contributed by atoms with Gasteiger partial charge >= 0.3 is 0 Å². The summed E-state index contributed by atoms with van der Waals surface area (Å²) in [7, 11) is 5.67. The van der Waals surface area contributed by atoms with Crippen LogP contribution < -0.4 is 10.2 Å². The summed E-state index contributed by atoms with van der Waals surface area (Å²) in [4.78, 5) is 47.6. The Hall–Kier alpha value is -4.44. The van der Waals surface area contributed by atoms with Gasteiger partial charge in [0.25, 0.3) is 5.91 Å². The molecule has 0 unspecified atom stereocenters. The predicted octanol–water partition coefficient (Wildman–Crippen LogP) is 1.33. The topological polar surface area (TPSA) is 148 Å². The minimum atomic E-state index is -1.07. The maximum Gasteiger partial charge on any atom is 0.253 e. The molecule has 0 radical (unpaired) electrons. The molecule has 12 nitrogen and oxygen atoms in total. The number of aliphatic hydroxyl groups is 2. The summed E-state index contributed by atoms with van der Waals surface area (Å²) >= 11 is 0. The molecule has 45 heavy (non-hydrogen) atoms. The largest absolute Gasteiger partial charge is 0.392 e. The Balaban J connectivity index is 0.000000205. The molecule has 1 fully saturated rings. The highest BCUT2D eigenvalue weighted by molar-refractivity contribution is 5.94. The fourth-order valence-corrected chi connectivity index (χ4v) is 5.12. The number of nitrogens with zero attached hydrogens (tertiary/aromatic N) is 7. The number of hydrogen-bond donors (Lipinski definition) is 3. The van der Waals surface area contributed by atoms with Crippen LogP contribution in [0.4, 0.5) is 5.82 Å². The Bertz CT molecular complexity index is 1560. The number of carbonyl (C=O) groups excluding carboxylic acids is 2. The summed E-state index contributed by atoms with van der Waals surface area (Å²) in [6.07, 6.45) is 5.67. The molecule has 2 aliphatic rings. The molecule has 4 heterocycles. The summed E-state index contributed by atoms with van der Waals surface area (Å²) in [5.74, 6) is 7.22.